The zero-order valence-corrected chi connectivity index (χ0v) is 12.1. The number of hydrogen-bond donors (Lipinski definition) is 0. The van der Waals surface area contributed by atoms with E-state index in [0.717, 1.165) is 19.4 Å². The highest BCUT2D eigenvalue weighted by Crippen LogP contribution is 2.75. The van der Waals surface area contributed by atoms with Crippen molar-refractivity contribution >= 4 is 19.9 Å². The Bertz CT molecular complexity index is 287. The van der Waals surface area contributed by atoms with E-state index in [1.165, 1.54) is 0 Å². The van der Waals surface area contributed by atoms with Crippen LogP contribution in [0.2, 0.25) is 19.6 Å². The summed E-state index contributed by atoms with van der Waals surface area (Å²) in [5.74, 6) is -0.510. The normalized spacial score (nSPS) is 50.0. The van der Waals surface area contributed by atoms with Gasteiger partial charge in [-0.05, 0) is 39.4 Å². The molecule has 0 radical (unpaired) electrons. The Morgan fingerprint density at radius 2 is 1.87 bits per heavy atom. The van der Waals surface area contributed by atoms with Crippen LogP contribution < -0.4 is 0 Å². The summed E-state index contributed by atoms with van der Waals surface area (Å²) in [7, 11) is -1.62. The Labute approximate surface area is 98.4 Å². The molecule has 1 saturated carbocycles. The molecule has 0 aromatic carbocycles. The van der Waals surface area contributed by atoms with E-state index in [-0.39, 0.29) is 10.3 Å². The van der Waals surface area contributed by atoms with Crippen molar-refractivity contribution in [3.05, 3.63) is 0 Å². The molecule has 15 heavy (non-hydrogen) atoms. The number of halogens is 1. The fourth-order valence-electron chi connectivity index (χ4n) is 2.86. The van der Waals surface area contributed by atoms with Crippen LogP contribution in [0.1, 0.15) is 26.7 Å². The molecule has 1 aliphatic carbocycles. The minimum Gasteiger partial charge on any atom is -0.389 e. The largest absolute Gasteiger partial charge is 0.389 e. The first-order valence-corrected chi connectivity index (χ1v) is 9.48. The molecule has 1 saturated heterocycles. The third-order valence-electron chi connectivity index (χ3n) is 3.89. The van der Waals surface area contributed by atoms with Crippen LogP contribution >= 0.6 is 11.6 Å². The number of ether oxygens (including phenoxy) is 1. The van der Waals surface area contributed by atoms with E-state index in [4.69, 9.17) is 20.8 Å². The van der Waals surface area contributed by atoms with Gasteiger partial charge in [0.2, 0.25) is 0 Å². The van der Waals surface area contributed by atoms with Crippen LogP contribution in [-0.2, 0) is 9.16 Å². The van der Waals surface area contributed by atoms with Gasteiger partial charge in [0.15, 0.2) is 14.1 Å². The van der Waals surface area contributed by atoms with Gasteiger partial charge in [-0.3, -0.25) is 0 Å². The Hall–Kier alpha value is 0.427. The second kappa shape index (κ2) is 3.00. The molecule has 4 heteroatoms. The number of rotatable bonds is 2. The van der Waals surface area contributed by atoms with Gasteiger partial charge in [-0.1, -0.05) is 6.92 Å². The molecule has 1 aliphatic heterocycles. The molecule has 88 valence electrons. The highest BCUT2D eigenvalue weighted by molar-refractivity contribution is 6.70. The average Bonchev–Trinajstić information content (AvgIpc) is 2.41. The van der Waals surface area contributed by atoms with E-state index in [2.05, 4.69) is 33.5 Å². The van der Waals surface area contributed by atoms with Gasteiger partial charge in [0.05, 0.1) is 6.61 Å². The molecule has 2 fully saturated rings. The van der Waals surface area contributed by atoms with Gasteiger partial charge in [-0.15, -0.1) is 11.6 Å². The molecule has 0 amide bonds. The third kappa shape index (κ3) is 1.36. The minimum atomic E-state index is -1.62. The first-order chi connectivity index (χ1) is 6.66. The highest BCUT2D eigenvalue weighted by Gasteiger charge is 2.86. The molecule has 0 bridgehead atoms. The zero-order chi connectivity index (χ0) is 11.5. The van der Waals surface area contributed by atoms with Crippen molar-refractivity contribution in [2.75, 3.05) is 6.61 Å². The lowest BCUT2D eigenvalue weighted by molar-refractivity contribution is -0.160. The summed E-state index contributed by atoms with van der Waals surface area (Å²) in [5, 5.41) is 0. The lowest BCUT2D eigenvalue weighted by Crippen LogP contribution is -2.42. The van der Waals surface area contributed by atoms with Crippen molar-refractivity contribution in [2.24, 2.45) is 5.41 Å². The standard InChI is InChI=1S/C11H21ClO2Si/c1-9-7-6-8-13-11(9,10(9,2)12)14-15(3,4)5/h6-8H2,1-5H3. The summed E-state index contributed by atoms with van der Waals surface area (Å²) in [6.45, 7) is 11.6. The quantitative estimate of drug-likeness (QED) is 0.551. The van der Waals surface area contributed by atoms with Gasteiger partial charge in [-0.25, -0.2) is 0 Å². The van der Waals surface area contributed by atoms with Gasteiger partial charge in [-0.2, -0.15) is 0 Å². The summed E-state index contributed by atoms with van der Waals surface area (Å²) < 4.78 is 12.2. The van der Waals surface area contributed by atoms with Crippen LogP contribution in [0.5, 0.6) is 0 Å². The number of hydrogen-bond acceptors (Lipinski definition) is 2. The second-order valence-electron chi connectivity index (χ2n) is 6.12. The molecule has 1 heterocycles. The van der Waals surface area contributed by atoms with Crippen molar-refractivity contribution in [1.29, 1.82) is 0 Å². The fourth-order valence-corrected chi connectivity index (χ4v) is 4.75. The lowest BCUT2D eigenvalue weighted by atomic mass is 9.98. The smallest absolute Gasteiger partial charge is 0.187 e. The molecule has 0 spiro atoms. The Kier molecular flexibility index (Phi) is 2.38. The SMILES string of the molecule is CC1(Cl)C2(C)CCCOC12O[Si](C)(C)C. The Balaban J connectivity index is 2.27. The van der Waals surface area contributed by atoms with Crippen LogP contribution in [0, 0.1) is 5.41 Å². The van der Waals surface area contributed by atoms with Crippen LogP contribution in [0.3, 0.4) is 0 Å². The maximum absolute atomic E-state index is 6.59. The molecule has 0 N–H and O–H groups in total. The lowest BCUT2D eigenvalue weighted by Gasteiger charge is -2.33. The summed E-state index contributed by atoms with van der Waals surface area (Å²) in [6, 6.07) is 0. The molecule has 0 aromatic heterocycles. The van der Waals surface area contributed by atoms with Gasteiger partial charge in [0.1, 0.15) is 4.87 Å². The molecule has 0 aromatic rings. The minimum absolute atomic E-state index is 0.0000849. The van der Waals surface area contributed by atoms with Crippen molar-refractivity contribution in [2.45, 2.75) is 57.0 Å². The number of fused-ring (bicyclic) bond motifs is 1. The topological polar surface area (TPSA) is 18.5 Å². The van der Waals surface area contributed by atoms with E-state index in [0.29, 0.717) is 0 Å². The molecule has 2 nitrogen and oxygen atoms in total. The zero-order valence-electron chi connectivity index (χ0n) is 10.3. The molecular formula is C11H21ClO2Si. The van der Waals surface area contributed by atoms with Crippen LogP contribution in [0.4, 0.5) is 0 Å². The van der Waals surface area contributed by atoms with E-state index < -0.39 is 14.1 Å². The summed E-state index contributed by atoms with van der Waals surface area (Å²) >= 11 is 6.59. The van der Waals surface area contributed by atoms with Crippen molar-refractivity contribution in [3.8, 4) is 0 Å². The fraction of sp³-hybridized carbons (Fsp3) is 1.00. The van der Waals surface area contributed by atoms with Crippen molar-refractivity contribution in [1.82, 2.24) is 0 Å². The predicted octanol–water partition coefficient (Wildman–Crippen LogP) is 3.36. The van der Waals surface area contributed by atoms with Crippen LogP contribution in [0.25, 0.3) is 0 Å². The molecule has 2 aliphatic rings. The van der Waals surface area contributed by atoms with E-state index in [1.807, 2.05) is 0 Å². The molecular weight excluding hydrogens is 228 g/mol. The molecule has 3 unspecified atom stereocenters. The van der Waals surface area contributed by atoms with Gasteiger partial charge >= 0.3 is 0 Å². The third-order valence-corrected chi connectivity index (χ3v) is 5.46. The van der Waals surface area contributed by atoms with E-state index >= 15 is 0 Å². The average molecular weight is 249 g/mol. The summed E-state index contributed by atoms with van der Waals surface area (Å²) in [6.07, 6.45) is 2.20. The number of alkyl halides is 1. The molecule has 2 rings (SSSR count). The Morgan fingerprint density at radius 3 is 2.33 bits per heavy atom. The van der Waals surface area contributed by atoms with E-state index in [1.54, 1.807) is 0 Å². The maximum Gasteiger partial charge on any atom is 0.187 e. The first-order valence-electron chi connectivity index (χ1n) is 5.69. The second-order valence-corrected chi connectivity index (χ2v) is 11.3. The summed E-state index contributed by atoms with van der Waals surface area (Å²) in [4.78, 5) is -0.350. The van der Waals surface area contributed by atoms with Gasteiger partial charge in [0.25, 0.3) is 0 Å². The molecule has 3 atom stereocenters. The highest BCUT2D eigenvalue weighted by atomic mass is 35.5. The monoisotopic (exact) mass is 248 g/mol. The summed E-state index contributed by atoms with van der Waals surface area (Å²) in [5.41, 5.74) is 0.0000849. The van der Waals surface area contributed by atoms with Crippen molar-refractivity contribution < 1.29 is 9.16 Å². The van der Waals surface area contributed by atoms with Crippen molar-refractivity contribution in [3.63, 3.8) is 0 Å². The first kappa shape index (κ1) is 11.9. The van der Waals surface area contributed by atoms with E-state index in [9.17, 15) is 0 Å². The predicted molar refractivity (Wildman–Crippen MR) is 64.7 cm³/mol. The van der Waals surface area contributed by atoms with Crippen LogP contribution in [-0.4, -0.2) is 25.6 Å². The van der Waals surface area contributed by atoms with Gasteiger partial charge < -0.3 is 9.16 Å². The maximum atomic E-state index is 6.59. The Morgan fingerprint density at radius 1 is 1.27 bits per heavy atom. The van der Waals surface area contributed by atoms with Gasteiger partial charge in [0, 0.05) is 5.41 Å². The van der Waals surface area contributed by atoms with Crippen LogP contribution in [0.15, 0.2) is 0 Å².